The van der Waals surface area contributed by atoms with Crippen LogP contribution in [0.25, 0.3) is 0 Å². The van der Waals surface area contributed by atoms with Crippen molar-refractivity contribution < 1.29 is 17.9 Å². The first-order valence-corrected chi connectivity index (χ1v) is 5.07. The molecule has 0 saturated heterocycles. The van der Waals surface area contributed by atoms with Gasteiger partial charge in [0.1, 0.15) is 5.75 Å². The summed E-state index contributed by atoms with van der Waals surface area (Å²) in [5.74, 6) is 0.174. The number of ether oxygens (including phenoxy) is 1. The minimum absolute atomic E-state index is 0.109. The quantitative estimate of drug-likeness (QED) is 0.754. The summed E-state index contributed by atoms with van der Waals surface area (Å²) < 4.78 is 43.5. The molecule has 0 aliphatic carbocycles. The molecule has 2 nitrogen and oxygen atoms in total. The van der Waals surface area contributed by atoms with Gasteiger partial charge in [-0.3, -0.25) is 0 Å². The van der Waals surface area contributed by atoms with E-state index >= 15 is 0 Å². The van der Waals surface area contributed by atoms with Crippen LogP contribution in [0.4, 0.5) is 18.9 Å². The molecule has 0 heterocycles. The molecule has 1 rings (SSSR count). The predicted molar refractivity (Wildman–Crippen MR) is 61.8 cm³/mol. The van der Waals surface area contributed by atoms with Gasteiger partial charge in [0, 0.05) is 19.8 Å². The number of benzene rings is 1. The third-order valence-corrected chi connectivity index (χ3v) is 2.14. The van der Waals surface area contributed by atoms with Crippen LogP contribution < -0.4 is 9.64 Å². The van der Waals surface area contributed by atoms with E-state index in [0.717, 1.165) is 6.07 Å². The lowest BCUT2D eigenvalue weighted by molar-refractivity contribution is -0.137. The molecule has 17 heavy (non-hydrogen) atoms. The lowest BCUT2D eigenvalue weighted by Gasteiger charge is -2.20. The van der Waals surface area contributed by atoms with E-state index in [2.05, 4.69) is 0 Å². The Bertz CT molecular complexity index is 379. The van der Waals surface area contributed by atoms with Gasteiger partial charge in [0.2, 0.25) is 0 Å². The monoisotopic (exact) mass is 243 g/mol. The highest BCUT2D eigenvalue weighted by Crippen LogP contribution is 2.38. The van der Waals surface area contributed by atoms with Crippen molar-refractivity contribution in [3.63, 3.8) is 0 Å². The van der Waals surface area contributed by atoms with E-state index in [1.807, 2.05) is 0 Å². The zero-order chi connectivity index (χ0) is 13.1. The van der Waals surface area contributed by atoms with Crippen molar-refractivity contribution in [3.05, 3.63) is 23.8 Å². The van der Waals surface area contributed by atoms with E-state index < -0.39 is 11.7 Å². The second-order valence-electron chi connectivity index (χ2n) is 3.71. The van der Waals surface area contributed by atoms with Crippen molar-refractivity contribution in [1.29, 1.82) is 0 Å². The molecular formula is C11H13BF3NO. The first-order chi connectivity index (χ1) is 7.86. The van der Waals surface area contributed by atoms with Crippen molar-refractivity contribution in [2.75, 3.05) is 25.6 Å². The highest BCUT2D eigenvalue weighted by atomic mass is 19.4. The summed E-state index contributed by atoms with van der Waals surface area (Å²) >= 11 is 0. The lowest BCUT2D eigenvalue weighted by Crippen LogP contribution is -2.16. The first-order valence-electron chi connectivity index (χ1n) is 5.07. The van der Waals surface area contributed by atoms with Crippen LogP contribution >= 0.6 is 0 Å². The van der Waals surface area contributed by atoms with E-state index in [-0.39, 0.29) is 24.4 Å². The Balaban J connectivity index is 3.11. The van der Waals surface area contributed by atoms with E-state index in [0.29, 0.717) is 0 Å². The van der Waals surface area contributed by atoms with Gasteiger partial charge in [-0.1, -0.05) is 6.32 Å². The molecule has 0 fully saturated rings. The maximum atomic E-state index is 12.8. The van der Waals surface area contributed by atoms with Crippen molar-refractivity contribution in [2.45, 2.75) is 12.5 Å². The van der Waals surface area contributed by atoms with E-state index in [1.165, 1.54) is 17.0 Å². The molecule has 0 aromatic heterocycles. The maximum absolute atomic E-state index is 12.8. The van der Waals surface area contributed by atoms with Gasteiger partial charge in [-0.25, -0.2) is 0 Å². The summed E-state index contributed by atoms with van der Waals surface area (Å²) in [5.41, 5.74) is -0.602. The van der Waals surface area contributed by atoms with E-state index in [4.69, 9.17) is 12.6 Å². The van der Waals surface area contributed by atoms with E-state index in [1.54, 1.807) is 14.1 Å². The Kier molecular flexibility index (Phi) is 4.31. The smallest absolute Gasteiger partial charge is 0.418 e. The van der Waals surface area contributed by atoms with Crippen molar-refractivity contribution in [3.8, 4) is 5.75 Å². The molecule has 0 unspecified atom stereocenters. The average molecular weight is 243 g/mol. The Morgan fingerprint density at radius 1 is 1.29 bits per heavy atom. The van der Waals surface area contributed by atoms with Crippen LogP contribution in [0.5, 0.6) is 5.75 Å². The zero-order valence-corrected chi connectivity index (χ0v) is 9.71. The van der Waals surface area contributed by atoms with Crippen LogP contribution in [0.2, 0.25) is 6.32 Å². The van der Waals surface area contributed by atoms with Crippen LogP contribution in [0.1, 0.15) is 5.56 Å². The molecule has 0 spiro atoms. The largest absolute Gasteiger partial charge is 0.494 e. The van der Waals surface area contributed by atoms with Crippen LogP contribution in [-0.4, -0.2) is 28.5 Å². The summed E-state index contributed by atoms with van der Waals surface area (Å²) in [5, 5.41) is 0. The van der Waals surface area contributed by atoms with Crippen molar-refractivity contribution >= 4 is 13.5 Å². The van der Waals surface area contributed by atoms with Gasteiger partial charge in [0.25, 0.3) is 0 Å². The Morgan fingerprint density at radius 2 is 1.94 bits per heavy atom. The molecule has 92 valence electrons. The topological polar surface area (TPSA) is 12.5 Å². The average Bonchev–Trinajstić information content (AvgIpc) is 2.24. The zero-order valence-electron chi connectivity index (χ0n) is 9.71. The lowest BCUT2D eigenvalue weighted by atomic mass is 10.1. The highest BCUT2D eigenvalue weighted by Gasteiger charge is 2.34. The molecule has 1 aromatic rings. The fourth-order valence-corrected chi connectivity index (χ4v) is 1.40. The molecule has 0 aliphatic rings. The standard InChI is InChI=1S/C11H13BF3NO/c1-16(2)10-4-3-8(17-6-5-12)7-9(10)11(13,14)15/h3-4,7H,5-6H2,1-2H3. The third kappa shape index (κ3) is 3.58. The molecule has 1 aromatic carbocycles. The molecule has 0 bridgehead atoms. The molecule has 0 atom stereocenters. The van der Waals surface area contributed by atoms with Gasteiger partial charge in [-0.05, 0) is 18.2 Å². The number of nitrogens with zero attached hydrogens (tertiary/aromatic N) is 1. The molecule has 0 amide bonds. The van der Waals surface area contributed by atoms with Gasteiger partial charge in [-0.15, -0.1) is 0 Å². The number of hydrogen-bond acceptors (Lipinski definition) is 2. The van der Waals surface area contributed by atoms with Gasteiger partial charge < -0.3 is 9.64 Å². The maximum Gasteiger partial charge on any atom is 0.418 e. The normalized spacial score (nSPS) is 11.4. The Labute approximate surface area is 99.8 Å². The number of anilines is 1. The van der Waals surface area contributed by atoms with Crippen LogP contribution in [0.3, 0.4) is 0 Å². The van der Waals surface area contributed by atoms with E-state index in [9.17, 15) is 13.2 Å². The predicted octanol–water partition coefficient (Wildman–Crippen LogP) is 2.74. The number of rotatable bonds is 4. The number of hydrogen-bond donors (Lipinski definition) is 0. The highest BCUT2D eigenvalue weighted by molar-refractivity contribution is 6.08. The fraction of sp³-hybridized carbons (Fsp3) is 0.455. The molecule has 0 N–H and O–H groups in total. The minimum atomic E-state index is -4.40. The minimum Gasteiger partial charge on any atom is -0.494 e. The van der Waals surface area contributed by atoms with Crippen LogP contribution in [-0.2, 0) is 6.18 Å². The van der Waals surface area contributed by atoms with Crippen LogP contribution in [0, 0.1) is 0 Å². The van der Waals surface area contributed by atoms with Crippen molar-refractivity contribution in [1.82, 2.24) is 0 Å². The summed E-state index contributed by atoms with van der Waals surface area (Å²) in [7, 11) is 8.34. The fourth-order valence-electron chi connectivity index (χ4n) is 1.40. The molecule has 0 saturated carbocycles. The third-order valence-electron chi connectivity index (χ3n) is 2.14. The Morgan fingerprint density at radius 3 is 2.41 bits per heavy atom. The van der Waals surface area contributed by atoms with Gasteiger partial charge in [0.05, 0.1) is 20.0 Å². The second-order valence-corrected chi connectivity index (χ2v) is 3.71. The molecule has 0 aliphatic heterocycles. The van der Waals surface area contributed by atoms with Gasteiger partial charge in [-0.2, -0.15) is 13.2 Å². The molecule has 2 radical (unpaired) electrons. The Hall–Kier alpha value is -1.33. The first kappa shape index (κ1) is 13.7. The summed E-state index contributed by atoms with van der Waals surface area (Å²) in [6.45, 7) is 0.193. The molecule has 6 heteroatoms. The van der Waals surface area contributed by atoms with Gasteiger partial charge >= 0.3 is 6.18 Å². The summed E-state index contributed by atoms with van der Waals surface area (Å²) in [6.07, 6.45) is -4.14. The van der Waals surface area contributed by atoms with Gasteiger partial charge in [0.15, 0.2) is 0 Å². The van der Waals surface area contributed by atoms with Crippen LogP contribution in [0.15, 0.2) is 18.2 Å². The number of halogens is 3. The summed E-state index contributed by atoms with van der Waals surface area (Å²) in [4.78, 5) is 1.41. The summed E-state index contributed by atoms with van der Waals surface area (Å²) in [6, 6.07) is 3.87. The molecular weight excluding hydrogens is 230 g/mol. The second kappa shape index (κ2) is 5.34. The number of alkyl halides is 3. The van der Waals surface area contributed by atoms with Crippen molar-refractivity contribution in [2.24, 2.45) is 0 Å². The SMILES string of the molecule is [B]CCOc1ccc(N(C)C)c(C(F)(F)F)c1.